The van der Waals surface area contributed by atoms with Gasteiger partial charge in [0.05, 0.1) is 6.04 Å². The maximum atomic E-state index is 2.34. The molecule has 2 nitrogen and oxygen atoms in total. The van der Waals surface area contributed by atoms with Crippen molar-refractivity contribution in [1.29, 1.82) is 0 Å². The predicted molar refractivity (Wildman–Crippen MR) is 78.1 cm³/mol. The number of nitrogens with zero attached hydrogens (tertiary/aromatic N) is 2. The lowest BCUT2D eigenvalue weighted by molar-refractivity contribution is 0.276. The van der Waals surface area contributed by atoms with Gasteiger partial charge in [0.25, 0.3) is 0 Å². The smallest absolute Gasteiger partial charge is 0.0564 e. The van der Waals surface area contributed by atoms with Crippen molar-refractivity contribution in [1.82, 2.24) is 9.80 Å². The minimum absolute atomic E-state index is 0.499. The summed E-state index contributed by atoms with van der Waals surface area (Å²) >= 11 is 0. The molecule has 0 aromatic rings. The molecule has 0 saturated carbocycles. The van der Waals surface area contributed by atoms with Crippen molar-refractivity contribution in [3.63, 3.8) is 0 Å². The van der Waals surface area contributed by atoms with E-state index < -0.39 is 0 Å². The Morgan fingerprint density at radius 3 is 2.72 bits per heavy atom. The van der Waals surface area contributed by atoms with E-state index in [9.17, 15) is 0 Å². The number of hydrogen-bond donors (Lipinski definition) is 0. The van der Waals surface area contributed by atoms with Crippen molar-refractivity contribution >= 4 is 0 Å². The van der Waals surface area contributed by atoms with E-state index in [4.69, 9.17) is 0 Å². The van der Waals surface area contributed by atoms with Gasteiger partial charge >= 0.3 is 0 Å². The van der Waals surface area contributed by atoms with Crippen molar-refractivity contribution in [3.05, 3.63) is 47.9 Å². The lowest BCUT2D eigenvalue weighted by Gasteiger charge is -2.37. The van der Waals surface area contributed by atoms with Gasteiger partial charge in [-0.3, -0.25) is 0 Å². The highest BCUT2D eigenvalue weighted by atomic mass is 15.1. The van der Waals surface area contributed by atoms with Gasteiger partial charge in [0, 0.05) is 20.6 Å². The van der Waals surface area contributed by atoms with Gasteiger partial charge in [-0.1, -0.05) is 32.4 Å². The van der Waals surface area contributed by atoms with Gasteiger partial charge in [0.15, 0.2) is 0 Å². The molecule has 2 heteroatoms. The fraction of sp³-hybridized carbons (Fsp3) is 0.500. The van der Waals surface area contributed by atoms with Crippen molar-refractivity contribution in [2.45, 2.75) is 26.3 Å². The molecular formula is C16H24N2. The zero-order chi connectivity index (χ0) is 13.1. The maximum Gasteiger partial charge on any atom is 0.0564 e. The van der Waals surface area contributed by atoms with E-state index >= 15 is 0 Å². The van der Waals surface area contributed by atoms with Gasteiger partial charge in [-0.15, -0.1) is 0 Å². The van der Waals surface area contributed by atoms with Crippen LogP contribution < -0.4 is 0 Å². The maximum absolute atomic E-state index is 2.34. The molecule has 0 N–H and O–H groups in total. The number of likely N-dealkylation sites (N-methyl/N-ethyl adjacent to an activating group) is 2. The van der Waals surface area contributed by atoms with Crippen LogP contribution in [-0.2, 0) is 0 Å². The fourth-order valence-corrected chi connectivity index (χ4v) is 2.68. The average Bonchev–Trinajstić information content (AvgIpc) is 2.38. The summed E-state index contributed by atoms with van der Waals surface area (Å²) < 4.78 is 0. The summed E-state index contributed by atoms with van der Waals surface area (Å²) in [5.41, 5.74) is 2.84. The molecule has 0 aromatic heterocycles. The highest BCUT2D eigenvalue weighted by molar-refractivity contribution is 5.47. The lowest BCUT2D eigenvalue weighted by Crippen LogP contribution is -2.37. The molecular weight excluding hydrogens is 220 g/mol. The summed E-state index contributed by atoms with van der Waals surface area (Å²) in [6, 6.07) is 0.499. The average molecular weight is 244 g/mol. The summed E-state index contributed by atoms with van der Waals surface area (Å²) in [7, 11) is 4.29. The molecule has 98 valence electrons. The normalized spacial score (nSPS) is 25.0. The molecule has 18 heavy (non-hydrogen) atoms. The van der Waals surface area contributed by atoms with Crippen LogP contribution >= 0.6 is 0 Å². The Hall–Kier alpha value is -1.44. The van der Waals surface area contributed by atoms with Gasteiger partial charge in [-0.2, -0.15) is 0 Å². The standard InChI is InChI=1S/C16H24N2/c1-5-13(2)16-15(7-6-10-18(16)4)14-8-11-17(3)12-9-14/h6-11,13,16H,5,12H2,1-4H3. The van der Waals surface area contributed by atoms with E-state index in [-0.39, 0.29) is 0 Å². The van der Waals surface area contributed by atoms with E-state index in [2.05, 4.69) is 74.4 Å². The Labute approximate surface area is 111 Å². The largest absolute Gasteiger partial charge is 0.377 e. The first kappa shape index (κ1) is 13.0. The highest BCUT2D eigenvalue weighted by Gasteiger charge is 2.26. The number of allylic oxidation sites excluding steroid dienone is 3. The molecule has 2 rings (SSSR count). The monoisotopic (exact) mass is 244 g/mol. The van der Waals surface area contributed by atoms with Gasteiger partial charge in [0.2, 0.25) is 0 Å². The molecule has 2 atom stereocenters. The summed E-state index contributed by atoms with van der Waals surface area (Å²) in [5, 5.41) is 0. The van der Waals surface area contributed by atoms with Crippen LogP contribution in [0.15, 0.2) is 47.9 Å². The van der Waals surface area contributed by atoms with Gasteiger partial charge in [0.1, 0.15) is 0 Å². The Morgan fingerprint density at radius 2 is 2.11 bits per heavy atom. The van der Waals surface area contributed by atoms with Gasteiger partial charge in [-0.05, 0) is 41.6 Å². The molecule has 0 aliphatic carbocycles. The van der Waals surface area contributed by atoms with Crippen LogP contribution in [0.3, 0.4) is 0 Å². The zero-order valence-electron chi connectivity index (χ0n) is 11.9. The number of hydrogen-bond acceptors (Lipinski definition) is 2. The molecule has 2 aliphatic heterocycles. The van der Waals surface area contributed by atoms with Crippen LogP contribution in [-0.4, -0.2) is 36.5 Å². The Morgan fingerprint density at radius 1 is 1.33 bits per heavy atom. The third-order valence-electron chi connectivity index (χ3n) is 3.98. The summed E-state index contributed by atoms with van der Waals surface area (Å²) in [4.78, 5) is 4.54. The lowest BCUT2D eigenvalue weighted by atomic mass is 9.85. The van der Waals surface area contributed by atoms with Crippen molar-refractivity contribution in [2.75, 3.05) is 20.6 Å². The van der Waals surface area contributed by atoms with Gasteiger partial charge < -0.3 is 9.80 Å². The van der Waals surface area contributed by atoms with Crippen LogP contribution in [0.5, 0.6) is 0 Å². The predicted octanol–water partition coefficient (Wildman–Crippen LogP) is 3.17. The Bertz CT molecular complexity index is 415. The third-order valence-corrected chi connectivity index (χ3v) is 3.98. The van der Waals surface area contributed by atoms with E-state index in [0.29, 0.717) is 12.0 Å². The summed E-state index contributed by atoms with van der Waals surface area (Å²) in [5.74, 6) is 0.667. The Kier molecular flexibility index (Phi) is 3.95. The van der Waals surface area contributed by atoms with Crippen molar-refractivity contribution < 1.29 is 0 Å². The minimum atomic E-state index is 0.499. The van der Waals surface area contributed by atoms with Crippen LogP contribution in [0.2, 0.25) is 0 Å². The molecule has 0 spiro atoms. The second kappa shape index (κ2) is 5.47. The molecule has 0 fully saturated rings. The topological polar surface area (TPSA) is 6.48 Å². The van der Waals surface area contributed by atoms with Crippen molar-refractivity contribution in [3.8, 4) is 0 Å². The van der Waals surface area contributed by atoms with Gasteiger partial charge in [-0.25, -0.2) is 0 Å². The second-order valence-corrected chi connectivity index (χ2v) is 5.37. The number of rotatable bonds is 3. The molecule has 2 aliphatic rings. The first-order valence-corrected chi connectivity index (χ1v) is 6.82. The minimum Gasteiger partial charge on any atom is -0.377 e. The highest BCUT2D eigenvalue weighted by Crippen LogP contribution is 2.30. The third kappa shape index (κ3) is 2.53. The molecule has 2 unspecified atom stereocenters. The van der Waals surface area contributed by atoms with E-state index in [0.717, 1.165) is 6.54 Å². The van der Waals surface area contributed by atoms with Crippen LogP contribution in [0.4, 0.5) is 0 Å². The van der Waals surface area contributed by atoms with E-state index in [1.165, 1.54) is 17.6 Å². The first-order chi connectivity index (χ1) is 8.63. The molecule has 0 aromatic carbocycles. The molecule has 0 radical (unpaired) electrons. The van der Waals surface area contributed by atoms with E-state index in [1.54, 1.807) is 0 Å². The van der Waals surface area contributed by atoms with Crippen LogP contribution in [0, 0.1) is 5.92 Å². The molecule has 0 bridgehead atoms. The van der Waals surface area contributed by atoms with Crippen LogP contribution in [0.25, 0.3) is 0 Å². The second-order valence-electron chi connectivity index (χ2n) is 5.37. The molecule has 0 amide bonds. The Balaban J connectivity index is 2.26. The molecule has 0 saturated heterocycles. The van der Waals surface area contributed by atoms with Crippen molar-refractivity contribution in [2.24, 2.45) is 5.92 Å². The zero-order valence-corrected chi connectivity index (χ0v) is 11.9. The van der Waals surface area contributed by atoms with Crippen LogP contribution in [0.1, 0.15) is 20.3 Å². The summed E-state index contributed by atoms with van der Waals surface area (Å²) in [6.07, 6.45) is 14.5. The SMILES string of the molecule is CCC(C)C1C(C2=CCN(C)C=C2)=CC=CN1C. The fourth-order valence-electron chi connectivity index (χ4n) is 2.68. The quantitative estimate of drug-likeness (QED) is 0.752. The molecule has 2 heterocycles. The van der Waals surface area contributed by atoms with E-state index in [1.807, 2.05) is 0 Å². The first-order valence-electron chi connectivity index (χ1n) is 6.82. The summed E-state index contributed by atoms with van der Waals surface area (Å²) in [6.45, 7) is 5.62.